The summed E-state index contributed by atoms with van der Waals surface area (Å²) in [6.45, 7) is 2.02. The summed E-state index contributed by atoms with van der Waals surface area (Å²) < 4.78 is 12.8. The maximum atomic E-state index is 12.8. The molecule has 1 aliphatic rings. The molecule has 2 rings (SSSR count). The maximum Gasteiger partial charge on any atom is 0.259 e. The van der Waals surface area contributed by atoms with Crippen LogP contribution < -0.4 is 16.0 Å². The molecule has 1 saturated heterocycles. The first-order chi connectivity index (χ1) is 7.72. The smallest absolute Gasteiger partial charge is 0.259 e. The van der Waals surface area contributed by atoms with Crippen LogP contribution in [0, 0.1) is 5.82 Å². The van der Waals surface area contributed by atoms with Gasteiger partial charge in [-0.05, 0) is 30.7 Å². The number of hydrogen-bond acceptors (Lipinski definition) is 3. The van der Waals surface area contributed by atoms with Crippen molar-refractivity contribution >= 4 is 11.6 Å². The molecule has 1 amide bonds. The number of amides is 1. The molecule has 1 fully saturated rings. The lowest BCUT2D eigenvalue weighted by molar-refractivity contribution is -0.120. The number of anilines is 1. The van der Waals surface area contributed by atoms with Gasteiger partial charge in [0.15, 0.2) is 0 Å². The fraction of sp³-hybridized carbons (Fsp3) is 0.364. The lowest BCUT2D eigenvalue weighted by Crippen LogP contribution is -2.39. The first kappa shape index (κ1) is 10.9. The molecule has 0 bridgehead atoms. The predicted octanol–water partition coefficient (Wildman–Crippen LogP) is 1.35. The first-order valence-electron chi connectivity index (χ1n) is 5.32. The summed E-state index contributed by atoms with van der Waals surface area (Å²) >= 11 is 0. The van der Waals surface area contributed by atoms with Crippen molar-refractivity contribution in [3.63, 3.8) is 0 Å². The van der Waals surface area contributed by atoms with Crippen molar-refractivity contribution in [1.82, 2.24) is 11.0 Å². The molecule has 1 aromatic carbocycles. The lowest BCUT2D eigenvalue weighted by atomic mass is 10.1. The van der Waals surface area contributed by atoms with Gasteiger partial charge < -0.3 is 0 Å². The second-order valence-corrected chi connectivity index (χ2v) is 3.75. The van der Waals surface area contributed by atoms with Crippen LogP contribution in [0.5, 0.6) is 0 Å². The van der Waals surface area contributed by atoms with E-state index < -0.39 is 0 Å². The van der Waals surface area contributed by atoms with Crippen LogP contribution in [0.3, 0.4) is 0 Å². The number of carbonyl (C=O) groups is 1. The van der Waals surface area contributed by atoms with Crippen LogP contribution in [-0.4, -0.2) is 11.9 Å². The molecule has 0 saturated carbocycles. The Kier molecular flexibility index (Phi) is 3.05. The topological polar surface area (TPSA) is 44.4 Å². The minimum atomic E-state index is -0.283. The van der Waals surface area contributed by atoms with E-state index in [-0.39, 0.29) is 17.8 Å². The Bertz CT molecular complexity index is 379. The molecular weight excluding hydrogens is 209 g/mol. The average Bonchev–Trinajstić information content (AvgIpc) is 2.63. The van der Waals surface area contributed by atoms with Crippen LogP contribution in [0.2, 0.25) is 0 Å². The van der Waals surface area contributed by atoms with Gasteiger partial charge in [-0.15, -0.1) is 5.53 Å². The second kappa shape index (κ2) is 4.49. The van der Waals surface area contributed by atoms with E-state index in [2.05, 4.69) is 11.0 Å². The molecular formula is C11H14FN3O. The van der Waals surface area contributed by atoms with Gasteiger partial charge in [0.25, 0.3) is 5.91 Å². The number of hydrazine groups is 2. The number of carbonyl (C=O) groups excluding carboxylic acids is 1. The van der Waals surface area contributed by atoms with E-state index in [1.165, 1.54) is 12.1 Å². The fourth-order valence-electron chi connectivity index (χ4n) is 1.77. The van der Waals surface area contributed by atoms with Crippen molar-refractivity contribution in [2.24, 2.45) is 0 Å². The van der Waals surface area contributed by atoms with E-state index in [1.54, 1.807) is 17.1 Å². The third kappa shape index (κ3) is 1.99. The van der Waals surface area contributed by atoms with E-state index in [0.29, 0.717) is 0 Å². The normalized spacial score (nSPS) is 20.0. The van der Waals surface area contributed by atoms with Gasteiger partial charge in [0.05, 0.1) is 5.69 Å². The van der Waals surface area contributed by atoms with Crippen LogP contribution >= 0.6 is 0 Å². The Labute approximate surface area is 93.4 Å². The van der Waals surface area contributed by atoms with Gasteiger partial charge in [-0.2, -0.15) is 0 Å². The van der Waals surface area contributed by atoms with Crippen molar-refractivity contribution in [3.05, 3.63) is 30.1 Å². The summed E-state index contributed by atoms with van der Waals surface area (Å²) in [7, 11) is 0. The Morgan fingerprint density at radius 3 is 2.69 bits per heavy atom. The Balaban J connectivity index is 2.19. The zero-order chi connectivity index (χ0) is 11.5. The van der Waals surface area contributed by atoms with Gasteiger partial charge in [-0.3, -0.25) is 15.2 Å². The van der Waals surface area contributed by atoms with E-state index in [1.807, 2.05) is 6.92 Å². The highest BCUT2D eigenvalue weighted by molar-refractivity contribution is 5.87. The van der Waals surface area contributed by atoms with Crippen LogP contribution in [0.1, 0.15) is 19.8 Å². The molecule has 0 aliphatic carbocycles. The van der Waals surface area contributed by atoms with Gasteiger partial charge in [0.2, 0.25) is 0 Å². The summed E-state index contributed by atoms with van der Waals surface area (Å²) in [5.74, 6) is -0.333. The molecule has 1 atom stereocenters. The predicted molar refractivity (Wildman–Crippen MR) is 58.9 cm³/mol. The summed E-state index contributed by atoms with van der Waals surface area (Å²) in [6, 6.07) is 5.82. The van der Waals surface area contributed by atoms with E-state index >= 15 is 0 Å². The van der Waals surface area contributed by atoms with Crippen LogP contribution in [0.4, 0.5) is 10.1 Å². The molecule has 0 radical (unpaired) electrons. The number of nitrogens with one attached hydrogen (secondary N) is 2. The van der Waals surface area contributed by atoms with Gasteiger partial charge in [0.1, 0.15) is 11.9 Å². The van der Waals surface area contributed by atoms with Crippen LogP contribution in [0.25, 0.3) is 0 Å². The van der Waals surface area contributed by atoms with Gasteiger partial charge in [0, 0.05) is 0 Å². The third-order valence-electron chi connectivity index (χ3n) is 2.58. The monoisotopic (exact) mass is 223 g/mol. The highest BCUT2D eigenvalue weighted by Gasteiger charge is 2.31. The molecule has 0 spiro atoms. The minimum Gasteiger partial charge on any atom is -0.278 e. The zero-order valence-electron chi connectivity index (χ0n) is 9.03. The first-order valence-corrected chi connectivity index (χ1v) is 5.32. The SMILES string of the molecule is CCCC1C(=O)NNN1c1ccc(F)cc1. The van der Waals surface area contributed by atoms with Crippen LogP contribution in [0.15, 0.2) is 24.3 Å². The van der Waals surface area contributed by atoms with Crippen molar-refractivity contribution < 1.29 is 9.18 Å². The quantitative estimate of drug-likeness (QED) is 0.813. The number of nitrogens with zero attached hydrogens (tertiary/aromatic N) is 1. The summed E-state index contributed by atoms with van der Waals surface area (Å²) in [5.41, 5.74) is 6.13. The summed E-state index contributed by atoms with van der Waals surface area (Å²) in [4.78, 5) is 11.5. The Morgan fingerprint density at radius 2 is 2.06 bits per heavy atom. The Hall–Kier alpha value is -1.62. The molecule has 0 aromatic heterocycles. The zero-order valence-corrected chi connectivity index (χ0v) is 9.03. The van der Waals surface area contributed by atoms with E-state index in [4.69, 9.17) is 0 Å². The van der Waals surface area contributed by atoms with E-state index in [0.717, 1.165) is 18.5 Å². The van der Waals surface area contributed by atoms with E-state index in [9.17, 15) is 9.18 Å². The number of halogens is 1. The summed E-state index contributed by atoms with van der Waals surface area (Å²) in [6.07, 6.45) is 1.67. The highest BCUT2D eigenvalue weighted by Crippen LogP contribution is 2.20. The van der Waals surface area contributed by atoms with Gasteiger partial charge >= 0.3 is 0 Å². The number of benzene rings is 1. The standard InChI is InChI=1S/C11H14FN3O/c1-2-3-10-11(16)13-14-15(10)9-6-4-8(12)5-7-9/h4-7,10,14H,2-3H2,1H3,(H,13,16). The Morgan fingerprint density at radius 1 is 1.38 bits per heavy atom. The molecule has 2 N–H and O–H groups in total. The van der Waals surface area contributed by atoms with Crippen molar-refractivity contribution in [2.45, 2.75) is 25.8 Å². The van der Waals surface area contributed by atoms with Crippen molar-refractivity contribution in [2.75, 3.05) is 5.01 Å². The fourth-order valence-corrected chi connectivity index (χ4v) is 1.77. The second-order valence-electron chi connectivity index (χ2n) is 3.75. The van der Waals surface area contributed by atoms with Gasteiger partial charge in [-0.1, -0.05) is 13.3 Å². The molecule has 86 valence electrons. The molecule has 1 unspecified atom stereocenters. The molecule has 5 heteroatoms. The van der Waals surface area contributed by atoms with Gasteiger partial charge in [-0.25, -0.2) is 4.39 Å². The number of rotatable bonds is 3. The van der Waals surface area contributed by atoms with Crippen molar-refractivity contribution in [3.8, 4) is 0 Å². The summed E-state index contributed by atoms with van der Waals surface area (Å²) in [5, 5.41) is 1.73. The van der Waals surface area contributed by atoms with Crippen molar-refractivity contribution in [1.29, 1.82) is 0 Å². The minimum absolute atomic E-state index is 0.0498. The molecule has 16 heavy (non-hydrogen) atoms. The lowest BCUT2D eigenvalue weighted by Gasteiger charge is -2.22. The average molecular weight is 223 g/mol. The third-order valence-corrected chi connectivity index (χ3v) is 2.58. The van der Waals surface area contributed by atoms with Crippen LogP contribution in [-0.2, 0) is 4.79 Å². The number of hydrogen-bond donors (Lipinski definition) is 2. The largest absolute Gasteiger partial charge is 0.278 e. The molecule has 4 nitrogen and oxygen atoms in total. The molecule has 1 aromatic rings. The highest BCUT2D eigenvalue weighted by atomic mass is 19.1. The molecule has 1 aliphatic heterocycles. The maximum absolute atomic E-state index is 12.8. The molecule has 1 heterocycles.